The molecule has 0 spiro atoms. The van der Waals surface area contributed by atoms with Crippen molar-refractivity contribution in [1.82, 2.24) is 15.6 Å². The van der Waals surface area contributed by atoms with E-state index in [1.165, 1.54) is 6.07 Å². The van der Waals surface area contributed by atoms with E-state index in [1.807, 2.05) is 80.6 Å². The molecule has 3 aromatic carbocycles. The lowest BCUT2D eigenvalue weighted by atomic mass is 9.69. The molecule has 0 radical (unpaired) electrons. The first-order chi connectivity index (χ1) is 21.7. The molecular weight excluding hydrogens is 585 g/mol. The quantitative estimate of drug-likeness (QED) is 0.182. The molecule has 0 bridgehead atoms. The molecule has 3 N–H and O–H groups in total. The minimum absolute atomic E-state index is 0.00957. The van der Waals surface area contributed by atoms with Gasteiger partial charge in [0.2, 0.25) is 11.8 Å². The van der Waals surface area contributed by atoms with Gasteiger partial charge in [0, 0.05) is 29.2 Å². The Hall–Kier alpha value is -4.60. The Bertz CT molecular complexity index is 1730. The number of benzene rings is 3. The molecule has 3 amide bonds. The van der Waals surface area contributed by atoms with Gasteiger partial charge in [0.25, 0.3) is 0 Å². The summed E-state index contributed by atoms with van der Waals surface area (Å²) in [5, 5.41) is 15.5. The summed E-state index contributed by atoms with van der Waals surface area (Å²) in [6, 6.07) is 24.6. The number of rotatable bonds is 9. The molecule has 1 aliphatic rings. The summed E-state index contributed by atoms with van der Waals surface area (Å²) in [5.74, 6) is -1.65. The van der Waals surface area contributed by atoms with Crippen molar-refractivity contribution in [3.63, 3.8) is 0 Å². The van der Waals surface area contributed by atoms with Crippen LogP contribution < -0.4 is 15.4 Å². The van der Waals surface area contributed by atoms with Crippen LogP contribution in [0, 0.1) is 11.2 Å². The number of amides is 3. The van der Waals surface area contributed by atoms with Gasteiger partial charge in [-0.15, -0.1) is 0 Å². The van der Waals surface area contributed by atoms with Gasteiger partial charge in [0.1, 0.15) is 0 Å². The lowest BCUT2D eigenvalue weighted by molar-refractivity contribution is -0.129. The van der Waals surface area contributed by atoms with Crippen LogP contribution in [0.4, 0.5) is 9.18 Å². The van der Waals surface area contributed by atoms with Gasteiger partial charge >= 0.3 is 6.03 Å². The van der Waals surface area contributed by atoms with E-state index in [4.69, 9.17) is 14.5 Å². The predicted octanol–water partition coefficient (Wildman–Crippen LogP) is 7.20. The molecule has 1 aromatic heterocycles. The molecule has 1 aliphatic heterocycles. The largest absolute Gasteiger partial charge is 0.435 e. The summed E-state index contributed by atoms with van der Waals surface area (Å²) in [5.41, 5.74) is 1.28. The van der Waals surface area contributed by atoms with Crippen LogP contribution in [0.2, 0.25) is 0 Å². The second kappa shape index (κ2) is 12.7. The number of carbonyl (C=O) groups excluding carboxylic acids is 2. The van der Waals surface area contributed by atoms with Gasteiger partial charge in [0.15, 0.2) is 11.6 Å². The molecule has 0 saturated carbocycles. The zero-order valence-corrected chi connectivity index (χ0v) is 27.0. The standard InChI is InChI=1S/C37H40FN3O5/c1-35(2,45-21-23-11-8-7-9-12-23)22-39-34(43)41-33(42)36(3,4)30-26-13-10-14-28(38)31(26)46-32-27(30)19-20-29(40-32)24-15-17-25(18-16-24)37(5,6)44/h7-20,30,44H,21-22H2,1-6H3,(H2,39,41,42,43). The van der Waals surface area contributed by atoms with E-state index in [0.29, 0.717) is 23.4 Å². The highest BCUT2D eigenvalue weighted by molar-refractivity contribution is 5.98. The lowest BCUT2D eigenvalue weighted by Crippen LogP contribution is -2.50. The van der Waals surface area contributed by atoms with Crippen LogP contribution in [0.5, 0.6) is 11.6 Å². The number of urea groups is 1. The van der Waals surface area contributed by atoms with Crippen LogP contribution in [0.25, 0.3) is 11.3 Å². The van der Waals surface area contributed by atoms with Gasteiger partial charge in [-0.3, -0.25) is 10.1 Å². The Morgan fingerprint density at radius 1 is 0.891 bits per heavy atom. The predicted molar refractivity (Wildman–Crippen MR) is 174 cm³/mol. The van der Waals surface area contributed by atoms with E-state index in [2.05, 4.69) is 10.6 Å². The van der Waals surface area contributed by atoms with Crippen LogP contribution in [0.1, 0.15) is 69.7 Å². The molecule has 0 aliphatic carbocycles. The monoisotopic (exact) mass is 625 g/mol. The van der Waals surface area contributed by atoms with Gasteiger partial charge < -0.3 is 19.9 Å². The zero-order chi connectivity index (χ0) is 33.3. The molecule has 46 heavy (non-hydrogen) atoms. The Balaban J connectivity index is 1.35. The molecule has 5 rings (SSSR count). The third kappa shape index (κ3) is 7.11. The molecule has 1 unspecified atom stereocenters. The van der Waals surface area contributed by atoms with Crippen LogP contribution in [-0.2, 0) is 21.7 Å². The molecule has 8 nitrogen and oxygen atoms in total. The van der Waals surface area contributed by atoms with E-state index in [9.17, 15) is 14.7 Å². The molecule has 2 heterocycles. The number of nitrogens with one attached hydrogen (secondary N) is 2. The molecular formula is C37H40FN3O5. The van der Waals surface area contributed by atoms with Crippen molar-refractivity contribution in [3.8, 4) is 22.9 Å². The van der Waals surface area contributed by atoms with E-state index in [-0.39, 0.29) is 18.2 Å². The van der Waals surface area contributed by atoms with Crippen molar-refractivity contribution < 1.29 is 28.6 Å². The summed E-state index contributed by atoms with van der Waals surface area (Å²) in [4.78, 5) is 31.4. The second-order valence-corrected chi connectivity index (χ2v) is 13.3. The fraction of sp³-hybridized carbons (Fsp3) is 0.324. The van der Waals surface area contributed by atoms with Crippen molar-refractivity contribution in [3.05, 3.63) is 113 Å². The number of aromatic nitrogens is 1. The summed E-state index contributed by atoms with van der Waals surface area (Å²) >= 11 is 0. The highest BCUT2D eigenvalue weighted by Crippen LogP contribution is 2.52. The maximum atomic E-state index is 15.1. The summed E-state index contributed by atoms with van der Waals surface area (Å²) < 4.78 is 27.2. The fourth-order valence-electron chi connectivity index (χ4n) is 5.50. The number of halogens is 1. The third-order valence-electron chi connectivity index (χ3n) is 8.28. The van der Waals surface area contributed by atoms with Gasteiger partial charge in [-0.05, 0) is 51.0 Å². The highest BCUT2D eigenvalue weighted by atomic mass is 19.1. The van der Waals surface area contributed by atoms with E-state index in [0.717, 1.165) is 16.7 Å². The maximum absolute atomic E-state index is 15.1. The topological polar surface area (TPSA) is 110 Å². The number of hydrogen-bond acceptors (Lipinski definition) is 6. The van der Waals surface area contributed by atoms with Crippen molar-refractivity contribution in [2.75, 3.05) is 6.54 Å². The van der Waals surface area contributed by atoms with Gasteiger partial charge in [-0.1, -0.05) is 86.6 Å². The first-order valence-electron chi connectivity index (χ1n) is 15.2. The van der Waals surface area contributed by atoms with E-state index in [1.54, 1.807) is 39.8 Å². The molecule has 1 atom stereocenters. The third-order valence-corrected chi connectivity index (χ3v) is 8.28. The number of para-hydroxylation sites is 1. The van der Waals surface area contributed by atoms with E-state index < -0.39 is 40.3 Å². The first-order valence-corrected chi connectivity index (χ1v) is 15.2. The summed E-state index contributed by atoms with van der Waals surface area (Å²) in [7, 11) is 0. The first kappa shape index (κ1) is 32.8. The van der Waals surface area contributed by atoms with Gasteiger partial charge in [-0.25, -0.2) is 14.2 Å². The molecule has 240 valence electrons. The van der Waals surface area contributed by atoms with Crippen LogP contribution in [0.15, 0.2) is 84.9 Å². The number of aliphatic hydroxyl groups is 1. The number of hydrogen-bond donors (Lipinski definition) is 3. The zero-order valence-electron chi connectivity index (χ0n) is 27.0. The average Bonchev–Trinajstić information content (AvgIpc) is 3.02. The highest BCUT2D eigenvalue weighted by Gasteiger charge is 2.45. The minimum atomic E-state index is -1.23. The fourth-order valence-corrected chi connectivity index (χ4v) is 5.50. The Morgan fingerprint density at radius 2 is 1.59 bits per heavy atom. The second-order valence-electron chi connectivity index (χ2n) is 13.3. The summed E-state index contributed by atoms with van der Waals surface area (Å²) in [6.07, 6.45) is 0. The smallest absolute Gasteiger partial charge is 0.321 e. The number of ether oxygens (including phenoxy) is 2. The lowest BCUT2D eigenvalue weighted by Gasteiger charge is -2.37. The number of nitrogens with zero attached hydrogens (tertiary/aromatic N) is 1. The molecule has 0 saturated heterocycles. The Kier molecular flexibility index (Phi) is 9.02. The van der Waals surface area contributed by atoms with Crippen molar-refractivity contribution in [1.29, 1.82) is 0 Å². The summed E-state index contributed by atoms with van der Waals surface area (Å²) in [6.45, 7) is 11.1. The van der Waals surface area contributed by atoms with Crippen molar-refractivity contribution >= 4 is 11.9 Å². The normalized spacial score (nSPS) is 14.5. The SMILES string of the molecule is CC(C)(CNC(=O)NC(=O)C(C)(C)C1c2ccc(-c3ccc(C(C)(C)O)cc3)nc2Oc2c(F)cccc21)OCc1ccccc1. The number of fused-ring (bicyclic) bond motifs is 2. The van der Waals surface area contributed by atoms with E-state index >= 15 is 4.39 Å². The van der Waals surface area contributed by atoms with Gasteiger partial charge in [-0.2, -0.15) is 0 Å². The molecule has 4 aromatic rings. The van der Waals surface area contributed by atoms with Crippen LogP contribution >= 0.6 is 0 Å². The van der Waals surface area contributed by atoms with Crippen LogP contribution in [-0.4, -0.2) is 34.2 Å². The number of carbonyl (C=O) groups is 2. The molecule has 9 heteroatoms. The Labute approximate surface area is 269 Å². The Morgan fingerprint density at radius 3 is 2.26 bits per heavy atom. The molecule has 0 fully saturated rings. The maximum Gasteiger partial charge on any atom is 0.321 e. The van der Waals surface area contributed by atoms with Gasteiger partial charge in [0.05, 0.1) is 28.9 Å². The van der Waals surface area contributed by atoms with Crippen molar-refractivity contribution in [2.24, 2.45) is 5.41 Å². The van der Waals surface area contributed by atoms with Crippen LogP contribution in [0.3, 0.4) is 0 Å². The number of imide groups is 1. The average molecular weight is 626 g/mol. The van der Waals surface area contributed by atoms with Crippen molar-refractivity contribution in [2.45, 2.75) is 65.3 Å². The number of pyridine rings is 1. The minimum Gasteiger partial charge on any atom is -0.435 e.